The van der Waals surface area contributed by atoms with Crippen LogP contribution < -0.4 is 0 Å². The SMILES string of the molecule is c1ccc(-c2cc(-c3ccccc3)nc(-c3cccc(-n4c5ccccc5c5cccc(-c6ccc7c(c6)c6cccnc6n7-c6ccccc6)c54)c3)c2)cc1. The van der Waals surface area contributed by atoms with E-state index in [1.165, 1.54) is 27.2 Å². The van der Waals surface area contributed by atoms with Gasteiger partial charge in [-0.1, -0.05) is 133 Å². The molecule has 11 rings (SSSR count). The van der Waals surface area contributed by atoms with Gasteiger partial charge in [-0.05, 0) is 83.4 Å². The maximum Gasteiger partial charge on any atom is 0.145 e. The Hall–Kier alpha value is -7.56. The number of hydrogen-bond donors (Lipinski definition) is 0. The molecule has 0 fully saturated rings. The van der Waals surface area contributed by atoms with Gasteiger partial charge in [-0.15, -0.1) is 0 Å². The second-order valence-electron chi connectivity index (χ2n) is 14.2. The van der Waals surface area contributed by atoms with E-state index >= 15 is 0 Å². The average molecular weight is 715 g/mol. The van der Waals surface area contributed by atoms with Crippen LogP contribution in [0.4, 0.5) is 0 Å². The summed E-state index contributed by atoms with van der Waals surface area (Å²) in [7, 11) is 0. The Kier molecular flexibility index (Phi) is 7.46. The van der Waals surface area contributed by atoms with Crippen molar-refractivity contribution in [1.29, 1.82) is 0 Å². The first-order chi connectivity index (χ1) is 27.8. The monoisotopic (exact) mass is 714 g/mol. The van der Waals surface area contributed by atoms with Crippen molar-refractivity contribution in [1.82, 2.24) is 19.1 Å². The molecule has 0 unspecified atom stereocenters. The lowest BCUT2D eigenvalue weighted by Gasteiger charge is -2.14. The molecular formula is C52H34N4. The molecule has 0 aliphatic rings. The second-order valence-corrected chi connectivity index (χ2v) is 14.2. The summed E-state index contributed by atoms with van der Waals surface area (Å²) >= 11 is 0. The van der Waals surface area contributed by atoms with Crippen LogP contribution in [0.15, 0.2) is 206 Å². The minimum atomic E-state index is 0.932. The number of fused-ring (bicyclic) bond motifs is 6. The summed E-state index contributed by atoms with van der Waals surface area (Å²) in [5, 5.41) is 4.74. The van der Waals surface area contributed by atoms with Gasteiger partial charge >= 0.3 is 0 Å². The highest BCUT2D eigenvalue weighted by Crippen LogP contribution is 2.41. The summed E-state index contributed by atoms with van der Waals surface area (Å²) in [4.78, 5) is 10.1. The van der Waals surface area contributed by atoms with Gasteiger partial charge in [-0.2, -0.15) is 0 Å². The molecule has 0 saturated carbocycles. The van der Waals surface area contributed by atoms with Crippen LogP contribution in [0.5, 0.6) is 0 Å². The van der Waals surface area contributed by atoms with Gasteiger partial charge in [0.25, 0.3) is 0 Å². The van der Waals surface area contributed by atoms with Crippen LogP contribution in [0.25, 0.3) is 99.9 Å². The molecule has 0 aliphatic carbocycles. The lowest BCUT2D eigenvalue weighted by atomic mass is 9.99. The minimum absolute atomic E-state index is 0.932. The van der Waals surface area contributed by atoms with Crippen molar-refractivity contribution in [2.45, 2.75) is 0 Å². The summed E-state index contributed by atoms with van der Waals surface area (Å²) in [5.74, 6) is 0. The molecule has 262 valence electrons. The van der Waals surface area contributed by atoms with Gasteiger partial charge in [-0.3, -0.25) is 4.57 Å². The van der Waals surface area contributed by atoms with Gasteiger partial charge < -0.3 is 4.57 Å². The van der Waals surface area contributed by atoms with Crippen LogP contribution in [-0.4, -0.2) is 19.1 Å². The molecular weight excluding hydrogens is 681 g/mol. The first-order valence-corrected chi connectivity index (χ1v) is 19.0. The molecule has 0 atom stereocenters. The zero-order valence-corrected chi connectivity index (χ0v) is 30.4. The molecule has 4 aromatic heterocycles. The van der Waals surface area contributed by atoms with Gasteiger partial charge in [0, 0.05) is 55.8 Å². The molecule has 0 aliphatic heterocycles. The van der Waals surface area contributed by atoms with Crippen LogP contribution in [0.1, 0.15) is 0 Å². The van der Waals surface area contributed by atoms with Gasteiger partial charge in [0.1, 0.15) is 5.65 Å². The fourth-order valence-electron chi connectivity index (χ4n) is 8.41. The summed E-state index contributed by atoms with van der Waals surface area (Å²) < 4.78 is 4.70. The van der Waals surface area contributed by atoms with E-state index in [2.05, 4.69) is 197 Å². The van der Waals surface area contributed by atoms with Crippen molar-refractivity contribution < 1.29 is 0 Å². The van der Waals surface area contributed by atoms with Crippen molar-refractivity contribution in [3.05, 3.63) is 206 Å². The molecule has 11 aromatic rings. The molecule has 4 heteroatoms. The lowest BCUT2D eigenvalue weighted by molar-refractivity contribution is 1.14. The van der Waals surface area contributed by atoms with Crippen molar-refractivity contribution >= 4 is 43.7 Å². The van der Waals surface area contributed by atoms with Crippen molar-refractivity contribution in [2.75, 3.05) is 0 Å². The smallest absolute Gasteiger partial charge is 0.145 e. The van der Waals surface area contributed by atoms with E-state index in [1.54, 1.807) is 0 Å². The van der Waals surface area contributed by atoms with Crippen molar-refractivity contribution in [2.24, 2.45) is 0 Å². The van der Waals surface area contributed by atoms with E-state index in [9.17, 15) is 0 Å². The van der Waals surface area contributed by atoms with Crippen LogP contribution in [-0.2, 0) is 0 Å². The largest absolute Gasteiger partial charge is 0.309 e. The maximum atomic E-state index is 5.27. The van der Waals surface area contributed by atoms with Crippen LogP contribution in [0, 0.1) is 0 Å². The highest BCUT2D eigenvalue weighted by molar-refractivity contribution is 6.15. The number of rotatable bonds is 6. The third-order valence-corrected chi connectivity index (χ3v) is 10.9. The van der Waals surface area contributed by atoms with Crippen molar-refractivity contribution in [3.63, 3.8) is 0 Å². The Morgan fingerprint density at radius 1 is 0.339 bits per heavy atom. The van der Waals surface area contributed by atoms with Gasteiger partial charge in [0.05, 0.1) is 27.9 Å². The Bertz CT molecular complexity index is 3170. The van der Waals surface area contributed by atoms with Gasteiger partial charge in [0.15, 0.2) is 0 Å². The standard InChI is InChI=1S/C52H34N4/c1-4-15-35(16-5-1)39-33-47(36-17-6-2-7-18-36)54-48(34-39)38-19-12-22-41(31-38)55-49-27-11-10-23-43(49)44-25-13-24-42(51(44)55)37-28-29-50-46(32-37)45-26-14-30-53-52(45)56(50)40-20-8-3-9-21-40/h1-34H. The molecule has 0 amide bonds. The highest BCUT2D eigenvalue weighted by atomic mass is 15.0. The third-order valence-electron chi connectivity index (χ3n) is 10.9. The summed E-state index contributed by atoms with van der Waals surface area (Å²) in [6.45, 7) is 0. The quantitative estimate of drug-likeness (QED) is 0.172. The first kappa shape index (κ1) is 31.9. The van der Waals surface area contributed by atoms with Gasteiger partial charge in [-0.25, -0.2) is 9.97 Å². The zero-order valence-electron chi connectivity index (χ0n) is 30.4. The van der Waals surface area contributed by atoms with E-state index in [1.807, 2.05) is 18.3 Å². The van der Waals surface area contributed by atoms with Crippen LogP contribution in [0.3, 0.4) is 0 Å². The van der Waals surface area contributed by atoms with Crippen LogP contribution >= 0.6 is 0 Å². The number of nitrogens with zero attached hydrogens (tertiary/aromatic N) is 4. The minimum Gasteiger partial charge on any atom is -0.309 e. The Balaban J connectivity index is 1.12. The molecule has 7 aromatic carbocycles. The Morgan fingerprint density at radius 3 is 1.79 bits per heavy atom. The molecule has 0 radical (unpaired) electrons. The predicted octanol–water partition coefficient (Wildman–Crippen LogP) is 13.3. The van der Waals surface area contributed by atoms with Gasteiger partial charge in [0.2, 0.25) is 0 Å². The van der Waals surface area contributed by atoms with E-state index in [0.717, 1.165) is 72.6 Å². The number of benzene rings is 7. The van der Waals surface area contributed by atoms with Crippen LogP contribution in [0.2, 0.25) is 0 Å². The molecule has 0 N–H and O–H groups in total. The number of pyridine rings is 2. The molecule has 4 heterocycles. The fraction of sp³-hybridized carbons (Fsp3) is 0. The number of para-hydroxylation sites is 3. The molecule has 0 bridgehead atoms. The third kappa shape index (κ3) is 5.23. The fourth-order valence-corrected chi connectivity index (χ4v) is 8.41. The maximum absolute atomic E-state index is 5.27. The first-order valence-electron chi connectivity index (χ1n) is 19.0. The normalized spacial score (nSPS) is 11.6. The molecule has 4 nitrogen and oxygen atoms in total. The average Bonchev–Trinajstić information content (AvgIpc) is 3.80. The highest BCUT2D eigenvalue weighted by Gasteiger charge is 2.19. The molecule has 56 heavy (non-hydrogen) atoms. The van der Waals surface area contributed by atoms with E-state index in [4.69, 9.17) is 9.97 Å². The second kappa shape index (κ2) is 13.1. The topological polar surface area (TPSA) is 35.6 Å². The Morgan fingerprint density at radius 2 is 0.964 bits per heavy atom. The van der Waals surface area contributed by atoms with Crippen molar-refractivity contribution in [3.8, 4) is 56.1 Å². The van der Waals surface area contributed by atoms with E-state index in [-0.39, 0.29) is 0 Å². The number of aromatic nitrogens is 4. The summed E-state index contributed by atoms with van der Waals surface area (Å²) in [6.07, 6.45) is 1.88. The molecule has 0 spiro atoms. The summed E-state index contributed by atoms with van der Waals surface area (Å²) in [6, 6.07) is 71.3. The lowest BCUT2D eigenvalue weighted by Crippen LogP contribution is -1.97. The predicted molar refractivity (Wildman–Crippen MR) is 232 cm³/mol. The molecule has 0 saturated heterocycles. The summed E-state index contributed by atoms with van der Waals surface area (Å²) in [5.41, 5.74) is 15.3. The van der Waals surface area contributed by atoms with E-state index < -0.39 is 0 Å². The van der Waals surface area contributed by atoms with E-state index in [0.29, 0.717) is 0 Å². The zero-order chi connectivity index (χ0) is 37.0. The Labute approximate surface area is 324 Å². The number of hydrogen-bond acceptors (Lipinski definition) is 2.